The molecule has 4 heteroatoms. The van der Waals surface area contributed by atoms with E-state index in [1.807, 2.05) is 13.8 Å². The van der Waals surface area contributed by atoms with Crippen molar-refractivity contribution in [3.8, 4) is 0 Å². The molecule has 0 radical (unpaired) electrons. The molecule has 0 fully saturated rings. The van der Waals surface area contributed by atoms with Crippen LogP contribution in [0.5, 0.6) is 0 Å². The first-order chi connectivity index (χ1) is 7.45. The lowest BCUT2D eigenvalue weighted by Gasteiger charge is -2.16. The number of aryl methyl sites for hydroxylation is 2. The monoisotopic (exact) mass is 240 g/mol. The van der Waals surface area contributed by atoms with Crippen LogP contribution in [-0.4, -0.2) is 11.9 Å². The Morgan fingerprint density at radius 2 is 2.19 bits per heavy atom. The fourth-order valence-electron chi connectivity index (χ4n) is 1.66. The lowest BCUT2D eigenvalue weighted by atomic mass is 10.1. The fourth-order valence-corrected chi connectivity index (χ4v) is 2.69. The lowest BCUT2D eigenvalue weighted by molar-refractivity contribution is -0.123. The van der Waals surface area contributed by atoms with E-state index in [9.17, 15) is 4.79 Å². The average molecular weight is 240 g/mol. The molecule has 3 nitrogen and oxygen atoms in total. The van der Waals surface area contributed by atoms with Crippen LogP contribution in [0.15, 0.2) is 6.07 Å². The molecular formula is C12H20N2OS. The summed E-state index contributed by atoms with van der Waals surface area (Å²) in [4.78, 5) is 14.2. The summed E-state index contributed by atoms with van der Waals surface area (Å²) in [5, 5.41) is 2.94. The summed E-state index contributed by atoms with van der Waals surface area (Å²) in [6, 6.07) is 1.76. The average Bonchev–Trinajstić information content (AvgIpc) is 2.56. The summed E-state index contributed by atoms with van der Waals surface area (Å²) in [6.07, 6.45) is 0.667. The molecule has 0 aliphatic rings. The molecule has 0 bridgehead atoms. The van der Waals surface area contributed by atoms with E-state index in [1.54, 1.807) is 11.3 Å². The van der Waals surface area contributed by atoms with Crippen molar-refractivity contribution in [2.24, 2.45) is 5.73 Å². The highest BCUT2D eigenvalue weighted by Gasteiger charge is 2.17. The van der Waals surface area contributed by atoms with Crippen LogP contribution in [0.25, 0.3) is 0 Å². The first kappa shape index (κ1) is 13.2. The van der Waals surface area contributed by atoms with Gasteiger partial charge in [-0.25, -0.2) is 0 Å². The third kappa shape index (κ3) is 3.06. The predicted molar refractivity (Wildman–Crippen MR) is 68.6 cm³/mol. The van der Waals surface area contributed by atoms with Crippen LogP contribution in [0.1, 0.15) is 41.6 Å². The topological polar surface area (TPSA) is 55.1 Å². The van der Waals surface area contributed by atoms with Gasteiger partial charge in [0.15, 0.2) is 0 Å². The maximum atomic E-state index is 11.6. The second kappa shape index (κ2) is 5.46. The Labute approximate surface area is 101 Å². The quantitative estimate of drug-likeness (QED) is 0.848. The molecule has 1 heterocycles. The van der Waals surface area contributed by atoms with Crippen LogP contribution < -0.4 is 11.1 Å². The van der Waals surface area contributed by atoms with Crippen molar-refractivity contribution in [3.63, 3.8) is 0 Å². The summed E-state index contributed by atoms with van der Waals surface area (Å²) in [7, 11) is 0. The smallest absolute Gasteiger partial charge is 0.237 e. The number of amides is 1. The Bertz CT molecular complexity index is 373. The predicted octanol–water partition coefficient (Wildman–Crippen LogP) is 2.28. The standard InChI is InChI=1S/C12H20N2OS/c1-5-11(13)12(15)14-8(3)10-6-7(2)16-9(10)4/h6,8,11H,5,13H2,1-4H3,(H,14,15)/t8-,11+/m0/s1. The Kier molecular flexibility index (Phi) is 4.50. The highest BCUT2D eigenvalue weighted by atomic mass is 32.1. The van der Waals surface area contributed by atoms with Gasteiger partial charge in [-0.05, 0) is 38.8 Å². The first-order valence-electron chi connectivity index (χ1n) is 5.58. The van der Waals surface area contributed by atoms with Gasteiger partial charge in [0.1, 0.15) is 0 Å². The van der Waals surface area contributed by atoms with E-state index in [0.717, 1.165) is 0 Å². The number of rotatable bonds is 4. The van der Waals surface area contributed by atoms with Gasteiger partial charge in [0.05, 0.1) is 12.1 Å². The molecule has 0 saturated carbocycles. The van der Waals surface area contributed by atoms with Crippen LogP contribution in [0.4, 0.5) is 0 Å². The second-order valence-corrected chi connectivity index (χ2v) is 5.57. The summed E-state index contributed by atoms with van der Waals surface area (Å²) in [6.45, 7) is 8.06. The van der Waals surface area contributed by atoms with Crippen molar-refractivity contribution in [2.45, 2.75) is 46.2 Å². The van der Waals surface area contributed by atoms with Crippen molar-refractivity contribution in [1.29, 1.82) is 0 Å². The number of thiophene rings is 1. The van der Waals surface area contributed by atoms with E-state index < -0.39 is 6.04 Å². The first-order valence-corrected chi connectivity index (χ1v) is 6.40. The van der Waals surface area contributed by atoms with Gasteiger partial charge in [-0.15, -0.1) is 11.3 Å². The number of nitrogens with two attached hydrogens (primary N) is 1. The van der Waals surface area contributed by atoms with E-state index >= 15 is 0 Å². The van der Waals surface area contributed by atoms with Gasteiger partial charge in [0.2, 0.25) is 5.91 Å². The summed E-state index contributed by atoms with van der Waals surface area (Å²) >= 11 is 1.76. The van der Waals surface area contributed by atoms with Gasteiger partial charge < -0.3 is 11.1 Å². The highest BCUT2D eigenvalue weighted by Crippen LogP contribution is 2.26. The molecular weight excluding hydrogens is 220 g/mol. The molecule has 2 atom stereocenters. The molecule has 1 amide bonds. The number of hydrogen-bond acceptors (Lipinski definition) is 3. The van der Waals surface area contributed by atoms with Crippen LogP contribution >= 0.6 is 11.3 Å². The maximum Gasteiger partial charge on any atom is 0.237 e. The van der Waals surface area contributed by atoms with E-state index in [4.69, 9.17) is 5.73 Å². The van der Waals surface area contributed by atoms with Gasteiger partial charge in [-0.3, -0.25) is 4.79 Å². The molecule has 0 saturated heterocycles. The Balaban J connectivity index is 2.69. The molecule has 90 valence electrons. The fraction of sp³-hybridized carbons (Fsp3) is 0.583. The number of nitrogens with one attached hydrogen (secondary N) is 1. The molecule has 0 aliphatic heterocycles. The SMILES string of the molecule is CC[C@@H](N)C(=O)N[C@@H](C)c1cc(C)sc1C. The van der Waals surface area contributed by atoms with Crippen molar-refractivity contribution >= 4 is 17.2 Å². The van der Waals surface area contributed by atoms with Crippen molar-refractivity contribution in [2.75, 3.05) is 0 Å². The number of hydrogen-bond donors (Lipinski definition) is 2. The molecule has 0 spiro atoms. The second-order valence-electron chi connectivity index (χ2n) is 4.11. The van der Waals surface area contributed by atoms with Gasteiger partial charge in [0.25, 0.3) is 0 Å². The van der Waals surface area contributed by atoms with Crippen LogP contribution in [-0.2, 0) is 4.79 Å². The lowest BCUT2D eigenvalue weighted by Crippen LogP contribution is -2.41. The van der Waals surface area contributed by atoms with E-state index in [-0.39, 0.29) is 11.9 Å². The normalized spacial score (nSPS) is 14.6. The Hall–Kier alpha value is -0.870. The zero-order chi connectivity index (χ0) is 12.3. The summed E-state index contributed by atoms with van der Waals surface area (Å²) < 4.78 is 0. The molecule has 1 aromatic rings. The summed E-state index contributed by atoms with van der Waals surface area (Å²) in [5.41, 5.74) is 6.87. The minimum absolute atomic E-state index is 0.0371. The Morgan fingerprint density at radius 1 is 1.56 bits per heavy atom. The highest BCUT2D eigenvalue weighted by molar-refractivity contribution is 7.12. The molecule has 0 aromatic carbocycles. The number of carbonyl (C=O) groups excluding carboxylic acids is 1. The third-order valence-electron chi connectivity index (χ3n) is 2.68. The van der Waals surface area contributed by atoms with Crippen LogP contribution in [0.3, 0.4) is 0 Å². The zero-order valence-corrected chi connectivity index (χ0v) is 11.1. The molecule has 1 aromatic heterocycles. The minimum atomic E-state index is -0.400. The third-order valence-corrected chi connectivity index (χ3v) is 3.66. The van der Waals surface area contributed by atoms with Gasteiger partial charge in [0, 0.05) is 9.75 Å². The molecule has 0 aliphatic carbocycles. The molecule has 3 N–H and O–H groups in total. The van der Waals surface area contributed by atoms with E-state index in [2.05, 4.69) is 25.2 Å². The maximum absolute atomic E-state index is 11.6. The van der Waals surface area contributed by atoms with Crippen molar-refractivity contribution < 1.29 is 4.79 Å². The van der Waals surface area contributed by atoms with Crippen LogP contribution in [0.2, 0.25) is 0 Å². The molecule has 0 unspecified atom stereocenters. The summed E-state index contributed by atoms with van der Waals surface area (Å²) in [5.74, 6) is -0.0711. The largest absolute Gasteiger partial charge is 0.348 e. The number of carbonyl (C=O) groups is 1. The van der Waals surface area contributed by atoms with E-state index in [0.29, 0.717) is 6.42 Å². The van der Waals surface area contributed by atoms with Crippen LogP contribution in [0, 0.1) is 13.8 Å². The van der Waals surface area contributed by atoms with E-state index in [1.165, 1.54) is 15.3 Å². The molecule has 16 heavy (non-hydrogen) atoms. The Morgan fingerprint density at radius 3 is 2.62 bits per heavy atom. The van der Waals surface area contributed by atoms with Crippen molar-refractivity contribution in [3.05, 3.63) is 21.4 Å². The van der Waals surface area contributed by atoms with Gasteiger partial charge >= 0.3 is 0 Å². The van der Waals surface area contributed by atoms with Gasteiger partial charge in [-0.1, -0.05) is 6.92 Å². The minimum Gasteiger partial charge on any atom is -0.348 e. The zero-order valence-electron chi connectivity index (χ0n) is 10.3. The van der Waals surface area contributed by atoms with Crippen molar-refractivity contribution in [1.82, 2.24) is 5.32 Å². The molecule has 1 rings (SSSR count). The van der Waals surface area contributed by atoms with Gasteiger partial charge in [-0.2, -0.15) is 0 Å².